The van der Waals surface area contributed by atoms with Gasteiger partial charge >= 0.3 is 0 Å². The van der Waals surface area contributed by atoms with Gasteiger partial charge in [-0.15, -0.1) is 0 Å². The largest absolute Gasteiger partial charge is 0.332 e. The molecule has 1 aliphatic heterocycles. The summed E-state index contributed by atoms with van der Waals surface area (Å²) in [6.07, 6.45) is 5.19. The van der Waals surface area contributed by atoms with Crippen molar-refractivity contribution < 1.29 is 0 Å². The van der Waals surface area contributed by atoms with E-state index >= 15 is 0 Å². The SMILES string of the molecule is CCc1cn(C2CN(CC)C2)cn1. The molecular formula is C10H17N3. The molecule has 0 bridgehead atoms. The van der Waals surface area contributed by atoms with Gasteiger partial charge in [-0.2, -0.15) is 0 Å². The summed E-state index contributed by atoms with van der Waals surface area (Å²) >= 11 is 0. The Balaban J connectivity index is 1.95. The summed E-state index contributed by atoms with van der Waals surface area (Å²) in [6, 6.07) is 0.674. The van der Waals surface area contributed by atoms with Crippen molar-refractivity contribution in [2.45, 2.75) is 26.3 Å². The Morgan fingerprint density at radius 3 is 2.77 bits per heavy atom. The summed E-state index contributed by atoms with van der Waals surface area (Å²) in [6.45, 7) is 7.91. The number of imidazole rings is 1. The van der Waals surface area contributed by atoms with Crippen molar-refractivity contribution in [3.8, 4) is 0 Å². The van der Waals surface area contributed by atoms with Crippen LogP contribution in [0.4, 0.5) is 0 Å². The Bertz CT molecular complexity index is 273. The highest BCUT2D eigenvalue weighted by Crippen LogP contribution is 2.20. The van der Waals surface area contributed by atoms with Crippen molar-refractivity contribution >= 4 is 0 Å². The summed E-state index contributed by atoms with van der Waals surface area (Å²) in [5.74, 6) is 0. The van der Waals surface area contributed by atoms with E-state index in [4.69, 9.17) is 0 Å². The smallest absolute Gasteiger partial charge is 0.0952 e. The van der Waals surface area contributed by atoms with E-state index in [0.717, 1.165) is 6.42 Å². The maximum atomic E-state index is 4.33. The van der Waals surface area contributed by atoms with E-state index in [1.165, 1.54) is 25.3 Å². The zero-order valence-corrected chi connectivity index (χ0v) is 8.40. The average molecular weight is 179 g/mol. The van der Waals surface area contributed by atoms with Crippen LogP contribution in [0.1, 0.15) is 25.6 Å². The molecule has 1 saturated heterocycles. The third-order valence-electron chi connectivity index (χ3n) is 2.82. The van der Waals surface area contributed by atoms with Gasteiger partial charge in [-0.1, -0.05) is 13.8 Å². The van der Waals surface area contributed by atoms with Gasteiger partial charge in [0.25, 0.3) is 0 Å². The molecule has 0 N–H and O–H groups in total. The van der Waals surface area contributed by atoms with E-state index in [1.54, 1.807) is 0 Å². The lowest BCUT2D eigenvalue weighted by molar-refractivity contribution is 0.114. The van der Waals surface area contributed by atoms with Crippen molar-refractivity contribution in [2.75, 3.05) is 19.6 Å². The average Bonchev–Trinajstić information content (AvgIpc) is 2.51. The van der Waals surface area contributed by atoms with Crippen molar-refractivity contribution in [1.29, 1.82) is 0 Å². The molecule has 1 aromatic rings. The lowest BCUT2D eigenvalue weighted by atomic mass is 10.1. The molecule has 1 aliphatic rings. The molecule has 0 radical (unpaired) electrons. The summed E-state index contributed by atoms with van der Waals surface area (Å²) in [7, 11) is 0. The zero-order valence-electron chi connectivity index (χ0n) is 8.40. The number of hydrogen-bond donors (Lipinski definition) is 0. The van der Waals surface area contributed by atoms with E-state index in [-0.39, 0.29) is 0 Å². The highest BCUT2D eigenvalue weighted by molar-refractivity contribution is 5.00. The quantitative estimate of drug-likeness (QED) is 0.698. The van der Waals surface area contributed by atoms with E-state index in [1.807, 2.05) is 6.33 Å². The normalized spacial score (nSPS) is 18.9. The minimum absolute atomic E-state index is 0.674. The van der Waals surface area contributed by atoms with E-state index in [2.05, 4.69) is 34.5 Å². The van der Waals surface area contributed by atoms with Crippen LogP contribution in [-0.2, 0) is 6.42 Å². The summed E-state index contributed by atoms with van der Waals surface area (Å²) in [5.41, 5.74) is 1.20. The Kier molecular flexibility index (Phi) is 2.36. The maximum Gasteiger partial charge on any atom is 0.0952 e. The van der Waals surface area contributed by atoms with E-state index < -0.39 is 0 Å². The molecular weight excluding hydrogens is 162 g/mol. The van der Waals surface area contributed by atoms with E-state index in [0.29, 0.717) is 6.04 Å². The van der Waals surface area contributed by atoms with Gasteiger partial charge in [0.1, 0.15) is 0 Å². The Hall–Kier alpha value is -0.830. The topological polar surface area (TPSA) is 21.1 Å². The van der Waals surface area contributed by atoms with Crippen LogP contribution >= 0.6 is 0 Å². The first-order valence-electron chi connectivity index (χ1n) is 5.08. The van der Waals surface area contributed by atoms with Crippen LogP contribution in [0.3, 0.4) is 0 Å². The molecule has 0 aromatic carbocycles. The van der Waals surface area contributed by atoms with Crippen molar-refractivity contribution in [3.05, 3.63) is 18.2 Å². The minimum atomic E-state index is 0.674. The lowest BCUT2D eigenvalue weighted by Crippen LogP contribution is -2.46. The number of likely N-dealkylation sites (N-methyl/N-ethyl adjacent to an activating group) is 1. The summed E-state index contributed by atoms with van der Waals surface area (Å²) in [4.78, 5) is 6.77. The number of aromatic nitrogens is 2. The number of nitrogens with zero attached hydrogens (tertiary/aromatic N) is 3. The predicted octanol–water partition coefficient (Wildman–Crippen LogP) is 1.32. The number of likely N-dealkylation sites (tertiary alicyclic amines) is 1. The molecule has 0 amide bonds. The second-order valence-electron chi connectivity index (χ2n) is 3.67. The van der Waals surface area contributed by atoms with Crippen molar-refractivity contribution in [2.24, 2.45) is 0 Å². The molecule has 72 valence electrons. The standard InChI is InChI=1S/C10H17N3/c1-3-9-5-13(8-11-9)10-6-12(4-2)7-10/h5,8,10H,3-4,6-7H2,1-2H3. The van der Waals surface area contributed by atoms with Crippen LogP contribution < -0.4 is 0 Å². The Morgan fingerprint density at radius 2 is 2.23 bits per heavy atom. The Labute approximate surface area is 79.4 Å². The molecule has 13 heavy (non-hydrogen) atoms. The molecule has 0 unspecified atom stereocenters. The van der Waals surface area contributed by atoms with Crippen LogP contribution in [0.15, 0.2) is 12.5 Å². The monoisotopic (exact) mass is 179 g/mol. The van der Waals surface area contributed by atoms with Crippen LogP contribution in [0.25, 0.3) is 0 Å². The fourth-order valence-corrected chi connectivity index (χ4v) is 1.75. The minimum Gasteiger partial charge on any atom is -0.332 e. The molecule has 2 heterocycles. The zero-order chi connectivity index (χ0) is 9.26. The van der Waals surface area contributed by atoms with Gasteiger partial charge in [-0.25, -0.2) is 4.98 Å². The molecule has 3 nitrogen and oxygen atoms in total. The number of aryl methyl sites for hydroxylation is 1. The van der Waals surface area contributed by atoms with E-state index in [9.17, 15) is 0 Å². The molecule has 1 aromatic heterocycles. The second-order valence-corrected chi connectivity index (χ2v) is 3.67. The lowest BCUT2D eigenvalue weighted by Gasteiger charge is -2.39. The van der Waals surface area contributed by atoms with Crippen LogP contribution in [0.2, 0.25) is 0 Å². The third-order valence-corrected chi connectivity index (χ3v) is 2.82. The summed E-state index contributed by atoms with van der Waals surface area (Å²) < 4.78 is 2.25. The van der Waals surface area contributed by atoms with Gasteiger partial charge in [-0.3, -0.25) is 4.90 Å². The first kappa shape index (κ1) is 8.75. The highest BCUT2D eigenvalue weighted by atomic mass is 15.3. The molecule has 0 spiro atoms. The van der Waals surface area contributed by atoms with Gasteiger partial charge in [0.2, 0.25) is 0 Å². The number of rotatable bonds is 3. The highest BCUT2D eigenvalue weighted by Gasteiger charge is 2.26. The second kappa shape index (κ2) is 3.50. The predicted molar refractivity (Wildman–Crippen MR) is 52.8 cm³/mol. The van der Waals surface area contributed by atoms with Crippen LogP contribution in [0.5, 0.6) is 0 Å². The summed E-state index contributed by atoms with van der Waals surface area (Å²) in [5, 5.41) is 0. The number of hydrogen-bond acceptors (Lipinski definition) is 2. The molecule has 3 heteroatoms. The molecule has 0 aliphatic carbocycles. The van der Waals surface area contributed by atoms with Crippen LogP contribution in [0, 0.1) is 0 Å². The maximum absolute atomic E-state index is 4.33. The van der Waals surface area contributed by atoms with Gasteiger partial charge in [0.05, 0.1) is 18.1 Å². The first-order valence-corrected chi connectivity index (χ1v) is 5.08. The Morgan fingerprint density at radius 1 is 1.46 bits per heavy atom. The molecule has 1 fully saturated rings. The van der Waals surface area contributed by atoms with Gasteiger partial charge in [-0.05, 0) is 13.0 Å². The van der Waals surface area contributed by atoms with Crippen LogP contribution in [-0.4, -0.2) is 34.1 Å². The van der Waals surface area contributed by atoms with Gasteiger partial charge in [0.15, 0.2) is 0 Å². The van der Waals surface area contributed by atoms with Gasteiger partial charge < -0.3 is 4.57 Å². The molecule has 2 rings (SSSR count). The first-order chi connectivity index (χ1) is 6.33. The fourth-order valence-electron chi connectivity index (χ4n) is 1.75. The van der Waals surface area contributed by atoms with Gasteiger partial charge in [0, 0.05) is 19.3 Å². The third kappa shape index (κ3) is 1.61. The van der Waals surface area contributed by atoms with Crippen molar-refractivity contribution in [1.82, 2.24) is 14.5 Å². The molecule has 0 atom stereocenters. The molecule has 0 saturated carbocycles. The fraction of sp³-hybridized carbons (Fsp3) is 0.700. The van der Waals surface area contributed by atoms with Crippen molar-refractivity contribution in [3.63, 3.8) is 0 Å².